The van der Waals surface area contributed by atoms with E-state index in [1.54, 1.807) is 12.3 Å². The maximum atomic E-state index is 5.21. The molecule has 2 aromatic heterocycles. The summed E-state index contributed by atoms with van der Waals surface area (Å²) in [6.45, 7) is 0.213. The van der Waals surface area contributed by atoms with Crippen LogP contribution < -0.4 is 9.47 Å². The van der Waals surface area contributed by atoms with Gasteiger partial charge in [0.05, 0.1) is 6.26 Å². The van der Waals surface area contributed by atoms with Gasteiger partial charge in [-0.25, -0.2) is 0 Å². The lowest BCUT2D eigenvalue weighted by Gasteiger charge is -1.87. The second-order valence-electron chi connectivity index (χ2n) is 2.24. The minimum atomic E-state index is 0.213. The van der Waals surface area contributed by atoms with Crippen LogP contribution in [-0.4, -0.2) is 6.79 Å². The molecule has 0 bridgehead atoms. The summed E-state index contributed by atoms with van der Waals surface area (Å²) in [7, 11) is 0. The fourth-order valence-electron chi connectivity index (χ4n) is 1.14. The van der Waals surface area contributed by atoms with Crippen molar-refractivity contribution in [2.75, 3.05) is 6.79 Å². The van der Waals surface area contributed by atoms with Gasteiger partial charge >= 0.3 is 5.95 Å². The second-order valence-corrected chi connectivity index (χ2v) is 2.24. The van der Waals surface area contributed by atoms with Gasteiger partial charge in [-0.1, -0.05) is 0 Å². The van der Waals surface area contributed by atoms with Gasteiger partial charge < -0.3 is 18.3 Å². The molecule has 0 saturated heterocycles. The van der Waals surface area contributed by atoms with Crippen LogP contribution in [0.25, 0.3) is 11.2 Å². The third kappa shape index (κ3) is 0.497. The van der Waals surface area contributed by atoms with Gasteiger partial charge in [-0.05, 0) is 0 Å². The second kappa shape index (κ2) is 1.53. The quantitative estimate of drug-likeness (QED) is 0.576. The molecule has 3 rings (SSSR count). The zero-order valence-electron chi connectivity index (χ0n) is 5.49. The summed E-state index contributed by atoms with van der Waals surface area (Å²) < 4.78 is 20.4. The summed E-state index contributed by atoms with van der Waals surface area (Å²) in [5.74, 6) is 0.990. The molecule has 0 atom stereocenters. The third-order valence-electron chi connectivity index (χ3n) is 1.62. The van der Waals surface area contributed by atoms with E-state index in [0.717, 1.165) is 0 Å². The van der Waals surface area contributed by atoms with Crippen LogP contribution in [0.3, 0.4) is 0 Å². The minimum absolute atomic E-state index is 0.213. The molecule has 0 amide bonds. The van der Waals surface area contributed by atoms with Crippen molar-refractivity contribution in [3.05, 3.63) is 12.3 Å². The van der Waals surface area contributed by atoms with E-state index in [1.165, 1.54) is 0 Å². The maximum absolute atomic E-state index is 5.21. The summed E-state index contributed by atoms with van der Waals surface area (Å²) in [6.07, 6.45) is 1.55. The number of rotatable bonds is 0. The summed E-state index contributed by atoms with van der Waals surface area (Å²) in [6, 6.07) is 1.72. The number of hydrogen-bond donors (Lipinski definition) is 0. The molecule has 11 heavy (non-hydrogen) atoms. The number of furan rings is 2. The summed E-state index contributed by atoms with van der Waals surface area (Å²) in [5.41, 5.74) is 1.28. The van der Waals surface area contributed by atoms with E-state index in [2.05, 4.69) is 0 Å². The zero-order valence-corrected chi connectivity index (χ0v) is 5.49. The molecular formula is C7H4O4. The molecule has 0 fully saturated rings. The zero-order chi connectivity index (χ0) is 7.26. The molecule has 0 aromatic carbocycles. The molecule has 4 nitrogen and oxygen atoms in total. The molecule has 4 heteroatoms. The van der Waals surface area contributed by atoms with Crippen molar-refractivity contribution in [1.29, 1.82) is 0 Å². The molecule has 0 N–H and O–H groups in total. The molecule has 0 spiro atoms. The predicted molar refractivity (Wildman–Crippen MR) is 34.6 cm³/mol. The summed E-state index contributed by atoms with van der Waals surface area (Å²) in [4.78, 5) is 0. The summed E-state index contributed by atoms with van der Waals surface area (Å²) in [5, 5.41) is 0. The Hall–Kier alpha value is -1.58. The van der Waals surface area contributed by atoms with Crippen molar-refractivity contribution in [2.45, 2.75) is 0 Å². The molecule has 0 saturated carbocycles. The van der Waals surface area contributed by atoms with Crippen molar-refractivity contribution >= 4 is 11.2 Å². The van der Waals surface area contributed by atoms with Crippen LogP contribution in [0.15, 0.2) is 21.2 Å². The Morgan fingerprint density at radius 3 is 3.27 bits per heavy atom. The first-order chi connectivity index (χ1) is 5.45. The van der Waals surface area contributed by atoms with E-state index < -0.39 is 0 Å². The number of hydrogen-bond acceptors (Lipinski definition) is 4. The average molecular weight is 152 g/mol. The van der Waals surface area contributed by atoms with Gasteiger partial charge in [-0.3, -0.25) is 0 Å². The first-order valence-corrected chi connectivity index (χ1v) is 3.21. The first-order valence-electron chi connectivity index (χ1n) is 3.21. The molecule has 0 radical (unpaired) electrons. The molecule has 3 heterocycles. The third-order valence-corrected chi connectivity index (χ3v) is 1.62. The van der Waals surface area contributed by atoms with E-state index >= 15 is 0 Å². The molecule has 0 unspecified atom stereocenters. The van der Waals surface area contributed by atoms with Crippen molar-refractivity contribution in [3.8, 4) is 11.7 Å². The van der Waals surface area contributed by atoms with Crippen molar-refractivity contribution in [2.24, 2.45) is 0 Å². The first kappa shape index (κ1) is 5.12. The fourth-order valence-corrected chi connectivity index (χ4v) is 1.14. The highest BCUT2D eigenvalue weighted by Gasteiger charge is 2.24. The molecule has 56 valence electrons. The Balaban J connectivity index is 2.46. The van der Waals surface area contributed by atoms with E-state index in [0.29, 0.717) is 22.9 Å². The standard InChI is InChI=1S/C7H4O4/c1-2-8-5-4(1)11-7-6(5)9-3-10-7/h1-2H,3H2. The maximum Gasteiger partial charge on any atom is 0.336 e. The van der Waals surface area contributed by atoms with Gasteiger partial charge in [-0.15, -0.1) is 0 Å². The average Bonchev–Trinajstić information content (AvgIpc) is 2.52. The molecule has 0 aliphatic carbocycles. The highest BCUT2D eigenvalue weighted by molar-refractivity contribution is 5.81. The Morgan fingerprint density at radius 1 is 1.27 bits per heavy atom. The lowest BCUT2D eigenvalue weighted by molar-refractivity contribution is 0.153. The minimum Gasteiger partial charge on any atom is -0.457 e. The molecular weight excluding hydrogens is 148 g/mol. The van der Waals surface area contributed by atoms with Gasteiger partial charge in [0.2, 0.25) is 12.4 Å². The fraction of sp³-hybridized carbons (Fsp3) is 0.143. The van der Waals surface area contributed by atoms with Crippen LogP contribution in [-0.2, 0) is 0 Å². The topological polar surface area (TPSA) is 44.7 Å². The smallest absolute Gasteiger partial charge is 0.336 e. The van der Waals surface area contributed by atoms with Crippen molar-refractivity contribution in [3.63, 3.8) is 0 Å². The number of ether oxygens (including phenoxy) is 2. The Labute approximate surface area is 61.3 Å². The van der Waals surface area contributed by atoms with Crippen LogP contribution in [0, 0.1) is 0 Å². The van der Waals surface area contributed by atoms with Crippen LogP contribution >= 0.6 is 0 Å². The van der Waals surface area contributed by atoms with Crippen LogP contribution in [0.1, 0.15) is 0 Å². The highest BCUT2D eigenvalue weighted by atomic mass is 16.7. The van der Waals surface area contributed by atoms with Crippen LogP contribution in [0.5, 0.6) is 11.7 Å². The van der Waals surface area contributed by atoms with Gasteiger partial charge in [0.15, 0.2) is 5.58 Å². The largest absolute Gasteiger partial charge is 0.457 e. The lowest BCUT2D eigenvalue weighted by Crippen LogP contribution is -1.93. The molecule has 1 aliphatic rings. The molecule has 1 aliphatic heterocycles. The van der Waals surface area contributed by atoms with Crippen LogP contribution in [0.4, 0.5) is 0 Å². The van der Waals surface area contributed by atoms with Gasteiger partial charge in [-0.2, -0.15) is 0 Å². The Morgan fingerprint density at radius 2 is 2.27 bits per heavy atom. The van der Waals surface area contributed by atoms with Gasteiger partial charge in [0.1, 0.15) is 0 Å². The van der Waals surface area contributed by atoms with E-state index in [-0.39, 0.29) is 6.79 Å². The normalized spacial score (nSPS) is 14.5. The van der Waals surface area contributed by atoms with Gasteiger partial charge in [0.25, 0.3) is 5.75 Å². The lowest BCUT2D eigenvalue weighted by atomic mass is 10.5. The van der Waals surface area contributed by atoms with Crippen molar-refractivity contribution < 1.29 is 18.3 Å². The predicted octanol–water partition coefficient (Wildman–Crippen LogP) is 1.75. The summed E-state index contributed by atoms with van der Waals surface area (Å²) >= 11 is 0. The number of fused-ring (bicyclic) bond motifs is 3. The van der Waals surface area contributed by atoms with E-state index in [9.17, 15) is 0 Å². The van der Waals surface area contributed by atoms with E-state index in [1.807, 2.05) is 0 Å². The van der Waals surface area contributed by atoms with Crippen molar-refractivity contribution in [1.82, 2.24) is 0 Å². The SMILES string of the molecule is c1cc2oc3c(c2o1)OCO3. The Bertz CT molecular complexity index is 397. The van der Waals surface area contributed by atoms with Crippen LogP contribution in [0.2, 0.25) is 0 Å². The Kier molecular flexibility index (Phi) is 0.711. The van der Waals surface area contributed by atoms with Gasteiger partial charge in [0, 0.05) is 6.07 Å². The molecule has 2 aromatic rings. The highest BCUT2D eigenvalue weighted by Crippen LogP contribution is 2.42. The monoisotopic (exact) mass is 152 g/mol. The van der Waals surface area contributed by atoms with E-state index in [4.69, 9.17) is 18.3 Å².